The molecule has 0 bridgehead atoms. The van der Waals surface area contributed by atoms with Gasteiger partial charge in [-0.1, -0.05) is 30.3 Å². The molecule has 0 fully saturated rings. The zero-order valence-electron chi connectivity index (χ0n) is 15.1. The highest BCUT2D eigenvalue weighted by atomic mass is 16.6. The van der Waals surface area contributed by atoms with Crippen molar-refractivity contribution in [3.8, 4) is 0 Å². The number of carbonyl (C=O) groups excluding carboxylic acids is 2. The van der Waals surface area contributed by atoms with Crippen molar-refractivity contribution in [2.45, 2.75) is 19.4 Å². The first-order chi connectivity index (χ1) is 13.5. The average Bonchev–Trinajstić information content (AvgIpc) is 2.69. The Labute approximate surface area is 161 Å². The van der Waals surface area contributed by atoms with Crippen LogP contribution in [0.1, 0.15) is 28.8 Å². The fraction of sp³-hybridized carbons (Fsp3) is 0.278. The number of hydrogen-bond acceptors (Lipinski definition) is 7. The Bertz CT molecular complexity index is 828. The van der Waals surface area contributed by atoms with Crippen molar-refractivity contribution in [2.75, 3.05) is 18.4 Å². The molecule has 148 valence electrons. The zero-order chi connectivity index (χ0) is 20.4. The summed E-state index contributed by atoms with van der Waals surface area (Å²) in [5, 5.41) is 16.6. The fourth-order valence-corrected chi connectivity index (χ4v) is 2.28. The van der Waals surface area contributed by atoms with E-state index in [0.717, 1.165) is 11.6 Å². The Balaban J connectivity index is 1.67. The third kappa shape index (κ3) is 6.56. The Kier molecular flexibility index (Phi) is 7.70. The van der Waals surface area contributed by atoms with E-state index >= 15 is 0 Å². The largest absolute Gasteiger partial charge is 0.445 e. The minimum absolute atomic E-state index is 0.0320. The van der Waals surface area contributed by atoms with Crippen LogP contribution in [0.3, 0.4) is 0 Å². The number of rotatable bonds is 10. The highest BCUT2D eigenvalue weighted by Crippen LogP contribution is 2.22. The number of alkyl carbamates (subject to hydrolysis) is 1. The van der Waals surface area contributed by atoms with Crippen molar-refractivity contribution in [1.29, 1.82) is 0 Å². The number of hydrogen-bond donors (Lipinski definition) is 3. The van der Waals surface area contributed by atoms with Gasteiger partial charge in [-0.2, -0.15) is 0 Å². The fourth-order valence-electron chi connectivity index (χ4n) is 2.28. The van der Waals surface area contributed by atoms with Crippen LogP contribution < -0.4 is 16.4 Å². The van der Waals surface area contributed by atoms with Gasteiger partial charge in [-0.15, -0.1) is 0 Å². The molecule has 2 rings (SSSR count). The SMILES string of the molecule is NC(=O)c1cnc(NCCCCNC(=O)OCc2ccccc2)c([N+](=O)[O-])c1. The number of pyridine rings is 1. The third-order valence-corrected chi connectivity index (χ3v) is 3.73. The molecule has 0 radical (unpaired) electrons. The van der Waals surface area contributed by atoms with Gasteiger partial charge < -0.3 is 21.1 Å². The van der Waals surface area contributed by atoms with Crippen molar-refractivity contribution in [2.24, 2.45) is 5.73 Å². The van der Waals surface area contributed by atoms with Gasteiger partial charge in [-0.25, -0.2) is 9.78 Å². The van der Waals surface area contributed by atoms with E-state index in [1.54, 1.807) is 0 Å². The first-order valence-corrected chi connectivity index (χ1v) is 8.60. The van der Waals surface area contributed by atoms with Crippen molar-refractivity contribution >= 4 is 23.5 Å². The number of primary amides is 1. The maximum Gasteiger partial charge on any atom is 0.407 e. The van der Waals surface area contributed by atoms with Crippen LogP contribution in [0.15, 0.2) is 42.6 Å². The Hall–Kier alpha value is -3.69. The Morgan fingerprint density at radius 2 is 1.89 bits per heavy atom. The number of unbranched alkanes of at least 4 members (excludes halogenated alkanes) is 1. The number of nitrogens with one attached hydrogen (secondary N) is 2. The molecule has 10 heteroatoms. The molecular formula is C18H21N5O5. The normalized spacial score (nSPS) is 10.1. The standard InChI is InChI=1S/C18H21N5O5/c19-16(24)14-10-15(23(26)27)17(22-11-14)20-8-4-5-9-21-18(25)28-12-13-6-2-1-3-7-13/h1-3,6-7,10-11H,4-5,8-9,12H2,(H2,19,24)(H,20,22)(H,21,25). The van der Waals surface area contributed by atoms with E-state index in [-0.39, 0.29) is 23.7 Å². The molecule has 10 nitrogen and oxygen atoms in total. The lowest BCUT2D eigenvalue weighted by Gasteiger charge is -2.08. The highest BCUT2D eigenvalue weighted by molar-refractivity contribution is 5.93. The molecule has 2 aromatic rings. The number of anilines is 1. The van der Waals surface area contributed by atoms with E-state index in [1.165, 1.54) is 6.20 Å². The summed E-state index contributed by atoms with van der Waals surface area (Å²) in [7, 11) is 0. The van der Waals surface area contributed by atoms with Crippen LogP contribution in [0.5, 0.6) is 0 Å². The molecule has 0 saturated heterocycles. The molecule has 0 saturated carbocycles. The molecule has 0 atom stereocenters. The summed E-state index contributed by atoms with van der Waals surface area (Å²) in [6.07, 6.45) is 1.95. The van der Waals surface area contributed by atoms with Crippen molar-refractivity contribution in [3.05, 3.63) is 63.8 Å². The van der Waals surface area contributed by atoms with Gasteiger partial charge in [0, 0.05) is 25.4 Å². The van der Waals surface area contributed by atoms with Crippen molar-refractivity contribution < 1.29 is 19.2 Å². The number of amides is 2. The third-order valence-electron chi connectivity index (χ3n) is 3.73. The number of benzene rings is 1. The summed E-state index contributed by atoms with van der Waals surface area (Å²) < 4.78 is 5.09. The minimum Gasteiger partial charge on any atom is -0.445 e. The van der Waals surface area contributed by atoms with Gasteiger partial charge in [0.1, 0.15) is 6.61 Å². The van der Waals surface area contributed by atoms with E-state index in [9.17, 15) is 19.7 Å². The molecule has 0 unspecified atom stereocenters. The average molecular weight is 387 g/mol. The van der Waals surface area contributed by atoms with Crippen LogP contribution in [0.25, 0.3) is 0 Å². The molecule has 0 aliphatic rings. The molecule has 1 heterocycles. The smallest absolute Gasteiger partial charge is 0.407 e. The molecule has 2 amide bonds. The number of nitrogens with zero attached hydrogens (tertiary/aromatic N) is 2. The molecule has 4 N–H and O–H groups in total. The van der Waals surface area contributed by atoms with E-state index in [1.807, 2.05) is 30.3 Å². The second-order valence-corrected chi connectivity index (χ2v) is 5.84. The van der Waals surface area contributed by atoms with E-state index < -0.39 is 16.9 Å². The predicted octanol–water partition coefficient (Wildman–Crippen LogP) is 2.21. The van der Waals surface area contributed by atoms with Gasteiger partial charge >= 0.3 is 11.8 Å². The van der Waals surface area contributed by atoms with Gasteiger partial charge in [-0.3, -0.25) is 14.9 Å². The number of nitro groups is 1. The maximum absolute atomic E-state index is 11.6. The minimum atomic E-state index is -0.785. The number of nitrogens with two attached hydrogens (primary N) is 1. The lowest BCUT2D eigenvalue weighted by molar-refractivity contribution is -0.384. The monoisotopic (exact) mass is 387 g/mol. The van der Waals surface area contributed by atoms with Crippen LogP contribution in [-0.4, -0.2) is 35.0 Å². The summed E-state index contributed by atoms with van der Waals surface area (Å²) in [5.41, 5.74) is 5.65. The summed E-state index contributed by atoms with van der Waals surface area (Å²) in [5.74, 6) is -0.724. The van der Waals surface area contributed by atoms with Gasteiger partial charge in [0.2, 0.25) is 5.82 Å². The molecule has 0 spiro atoms. The molecule has 0 aliphatic carbocycles. The molecular weight excluding hydrogens is 366 g/mol. The topological polar surface area (TPSA) is 149 Å². The quantitative estimate of drug-likeness (QED) is 0.321. The summed E-state index contributed by atoms with van der Waals surface area (Å²) in [6.45, 7) is 1.01. The second-order valence-electron chi connectivity index (χ2n) is 5.84. The van der Waals surface area contributed by atoms with E-state index in [4.69, 9.17) is 10.5 Å². The summed E-state index contributed by atoms with van der Waals surface area (Å²) >= 11 is 0. The van der Waals surface area contributed by atoms with E-state index in [2.05, 4.69) is 15.6 Å². The van der Waals surface area contributed by atoms with Crippen LogP contribution in [0, 0.1) is 10.1 Å². The lowest BCUT2D eigenvalue weighted by atomic mass is 10.2. The van der Waals surface area contributed by atoms with Gasteiger partial charge in [0.25, 0.3) is 5.91 Å². The zero-order valence-corrected chi connectivity index (χ0v) is 15.1. The maximum atomic E-state index is 11.6. The summed E-state index contributed by atoms with van der Waals surface area (Å²) in [6, 6.07) is 10.4. The molecule has 0 aliphatic heterocycles. The first-order valence-electron chi connectivity index (χ1n) is 8.60. The number of carbonyl (C=O) groups is 2. The number of ether oxygens (including phenoxy) is 1. The van der Waals surface area contributed by atoms with Crippen LogP contribution >= 0.6 is 0 Å². The van der Waals surface area contributed by atoms with E-state index in [0.29, 0.717) is 25.9 Å². The molecule has 1 aromatic carbocycles. The Morgan fingerprint density at radius 1 is 1.18 bits per heavy atom. The highest BCUT2D eigenvalue weighted by Gasteiger charge is 2.17. The van der Waals surface area contributed by atoms with Gasteiger partial charge in [0.05, 0.1) is 10.5 Å². The predicted molar refractivity (Wildman–Crippen MR) is 102 cm³/mol. The first kappa shape index (κ1) is 20.6. The molecule has 28 heavy (non-hydrogen) atoms. The summed E-state index contributed by atoms with van der Waals surface area (Å²) in [4.78, 5) is 37.0. The molecule has 1 aromatic heterocycles. The van der Waals surface area contributed by atoms with Crippen LogP contribution in [0.4, 0.5) is 16.3 Å². The van der Waals surface area contributed by atoms with Crippen molar-refractivity contribution in [3.63, 3.8) is 0 Å². The van der Waals surface area contributed by atoms with Gasteiger partial charge in [-0.05, 0) is 18.4 Å². The van der Waals surface area contributed by atoms with Crippen LogP contribution in [0.2, 0.25) is 0 Å². The lowest BCUT2D eigenvalue weighted by Crippen LogP contribution is -2.25. The van der Waals surface area contributed by atoms with Crippen LogP contribution in [-0.2, 0) is 11.3 Å². The van der Waals surface area contributed by atoms with Crippen molar-refractivity contribution in [1.82, 2.24) is 10.3 Å². The Morgan fingerprint density at radius 3 is 2.57 bits per heavy atom. The van der Waals surface area contributed by atoms with Gasteiger partial charge in [0.15, 0.2) is 0 Å². The number of aromatic nitrogens is 1. The second kappa shape index (κ2) is 10.5.